The van der Waals surface area contributed by atoms with E-state index in [1.807, 2.05) is 35.6 Å². The van der Waals surface area contributed by atoms with Crippen molar-refractivity contribution in [2.75, 3.05) is 0 Å². The second-order valence-electron chi connectivity index (χ2n) is 3.82. The Balaban J connectivity index is 2.65. The van der Waals surface area contributed by atoms with Gasteiger partial charge in [0.15, 0.2) is 5.82 Å². The molecule has 92 valence electrons. The molecule has 1 N–H and O–H groups in total. The number of aliphatic carboxylic acids is 1. The van der Waals surface area contributed by atoms with E-state index in [0.29, 0.717) is 5.69 Å². The minimum atomic E-state index is -1.06. The lowest BCUT2D eigenvalue weighted by atomic mass is 10.1. The Kier molecular flexibility index (Phi) is 3.60. The molecule has 0 aliphatic heterocycles. The number of rotatable bonds is 2. The van der Waals surface area contributed by atoms with Crippen molar-refractivity contribution in [1.29, 1.82) is 0 Å². The molecule has 1 aromatic heterocycles. The first kappa shape index (κ1) is 12.9. The largest absolute Gasteiger partial charge is 0.478 e. The van der Waals surface area contributed by atoms with Gasteiger partial charge in [-0.1, -0.05) is 0 Å². The number of fused-ring (bicyclic) bond motifs is 1. The summed E-state index contributed by atoms with van der Waals surface area (Å²) in [4.78, 5) is 14.6. The Hall–Kier alpha value is -1.50. The number of halogens is 2. The van der Waals surface area contributed by atoms with Crippen LogP contribution in [0.25, 0.3) is 17.0 Å². The SMILES string of the molecule is Cc1cc(/C=C/C(=O)O)nc2c(F)cc(I)cc12. The van der Waals surface area contributed by atoms with Crippen molar-refractivity contribution >= 4 is 45.5 Å². The number of hydrogen-bond donors (Lipinski definition) is 1. The van der Waals surface area contributed by atoms with E-state index in [2.05, 4.69) is 4.98 Å². The van der Waals surface area contributed by atoms with Crippen molar-refractivity contribution in [2.45, 2.75) is 6.92 Å². The lowest BCUT2D eigenvalue weighted by Crippen LogP contribution is -1.93. The molecule has 0 atom stereocenters. The zero-order valence-electron chi connectivity index (χ0n) is 9.45. The van der Waals surface area contributed by atoms with Crippen LogP contribution in [-0.4, -0.2) is 16.1 Å². The Morgan fingerprint density at radius 1 is 1.44 bits per heavy atom. The third-order valence-corrected chi connectivity index (χ3v) is 3.08. The zero-order valence-corrected chi connectivity index (χ0v) is 11.6. The Morgan fingerprint density at radius 2 is 2.17 bits per heavy atom. The molecule has 0 aliphatic rings. The molecule has 0 aliphatic carbocycles. The fraction of sp³-hybridized carbons (Fsp3) is 0.0769. The van der Waals surface area contributed by atoms with Crippen molar-refractivity contribution in [2.24, 2.45) is 0 Å². The summed E-state index contributed by atoms with van der Waals surface area (Å²) in [5, 5.41) is 9.30. The molecule has 0 saturated carbocycles. The minimum absolute atomic E-state index is 0.264. The summed E-state index contributed by atoms with van der Waals surface area (Å²) in [5.74, 6) is -1.46. The third-order valence-electron chi connectivity index (χ3n) is 2.45. The summed E-state index contributed by atoms with van der Waals surface area (Å²) >= 11 is 2.04. The van der Waals surface area contributed by atoms with E-state index < -0.39 is 11.8 Å². The molecule has 0 fully saturated rings. The van der Waals surface area contributed by atoms with Gasteiger partial charge in [0.05, 0.1) is 5.69 Å². The molecule has 1 heterocycles. The van der Waals surface area contributed by atoms with Gasteiger partial charge in [0.2, 0.25) is 0 Å². The van der Waals surface area contributed by atoms with Gasteiger partial charge >= 0.3 is 5.97 Å². The van der Waals surface area contributed by atoms with Gasteiger partial charge in [0, 0.05) is 15.0 Å². The van der Waals surface area contributed by atoms with Gasteiger partial charge in [0.1, 0.15) is 5.52 Å². The van der Waals surface area contributed by atoms with Crippen LogP contribution in [0.15, 0.2) is 24.3 Å². The van der Waals surface area contributed by atoms with Crippen LogP contribution >= 0.6 is 22.6 Å². The predicted octanol–water partition coefficient (Wildman–Crippen LogP) is 3.38. The molecular formula is C13H9FINO2. The zero-order chi connectivity index (χ0) is 13.3. The first-order valence-electron chi connectivity index (χ1n) is 5.15. The molecule has 0 saturated heterocycles. The van der Waals surface area contributed by atoms with Gasteiger partial charge in [0.25, 0.3) is 0 Å². The molecule has 0 amide bonds. The van der Waals surface area contributed by atoms with E-state index in [1.165, 1.54) is 12.1 Å². The molecule has 18 heavy (non-hydrogen) atoms. The average Bonchev–Trinajstić information content (AvgIpc) is 2.28. The third kappa shape index (κ3) is 2.66. The number of pyridine rings is 1. The van der Waals surface area contributed by atoms with Crippen LogP contribution in [0, 0.1) is 16.3 Å². The van der Waals surface area contributed by atoms with E-state index in [1.54, 1.807) is 6.07 Å². The summed E-state index contributed by atoms with van der Waals surface area (Å²) in [5.41, 5.74) is 1.56. The Labute approximate surface area is 116 Å². The van der Waals surface area contributed by atoms with Crippen molar-refractivity contribution in [3.8, 4) is 0 Å². The van der Waals surface area contributed by atoms with Gasteiger partial charge in [-0.15, -0.1) is 0 Å². The lowest BCUT2D eigenvalue weighted by Gasteiger charge is -2.05. The molecule has 2 rings (SSSR count). The van der Waals surface area contributed by atoms with E-state index in [4.69, 9.17) is 5.11 Å². The van der Waals surface area contributed by atoms with Crippen LogP contribution in [0.2, 0.25) is 0 Å². The van der Waals surface area contributed by atoms with Crippen molar-refractivity contribution in [3.05, 3.63) is 44.9 Å². The first-order valence-corrected chi connectivity index (χ1v) is 6.22. The normalized spacial score (nSPS) is 11.3. The maximum absolute atomic E-state index is 13.8. The maximum atomic E-state index is 13.8. The molecule has 0 radical (unpaired) electrons. The average molecular weight is 357 g/mol. The van der Waals surface area contributed by atoms with Gasteiger partial charge < -0.3 is 5.11 Å². The second kappa shape index (κ2) is 5.01. The topological polar surface area (TPSA) is 50.2 Å². The summed E-state index contributed by atoms with van der Waals surface area (Å²) < 4.78 is 14.6. The van der Waals surface area contributed by atoms with Crippen LogP contribution in [0.5, 0.6) is 0 Å². The van der Waals surface area contributed by atoms with E-state index in [-0.39, 0.29) is 5.52 Å². The number of benzene rings is 1. The Bertz CT molecular complexity index is 668. The van der Waals surface area contributed by atoms with Crippen LogP contribution in [0.3, 0.4) is 0 Å². The lowest BCUT2D eigenvalue weighted by molar-refractivity contribution is -0.131. The van der Waals surface area contributed by atoms with Crippen molar-refractivity contribution in [3.63, 3.8) is 0 Å². The van der Waals surface area contributed by atoms with Gasteiger partial charge in [-0.3, -0.25) is 0 Å². The van der Waals surface area contributed by atoms with Gasteiger partial charge in [-0.05, 0) is 59.4 Å². The number of aromatic nitrogens is 1. The van der Waals surface area contributed by atoms with Crippen LogP contribution in [0.4, 0.5) is 4.39 Å². The number of nitrogens with zero attached hydrogens (tertiary/aromatic N) is 1. The van der Waals surface area contributed by atoms with Crippen LogP contribution in [-0.2, 0) is 4.79 Å². The van der Waals surface area contributed by atoms with Crippen molar-refractivity contribution < 1.29 is 14.3 Å². The smallest absolute Gasteiger partial charge is 0.328 e. The molecule has 3 nitrogen and oxygen atoms in total. The van der Waals surface area contributed by atoms with E-state index >= 15 is 0 Å². The summed E-state index contributed by atoms with van der Waals surface area (Å²) in [6, 6.07) is 4.99. The maximum Gasteiger partial charge on any atom is 0.328 e. The number of carboxylic acid groups (broad SMARTS) is 1. The van der Waals surface area contributed by atoms with E-state index in [0.717, 1.165) is 20.6 Å². The van der Waals surface area contributed by atoms with Gasteiger partial charge in [-0.2, -0.15) is 0 Å². The summed E-state index contributed by atoms with van der Waals surface area (Å²) in [6.07, 6.45) is 2.34. The monoisotopic (exact) mass is 357 g/mol. The van der Waals surface area contributed by atoms with E-state index in [9.17, 15) is 9.18 Å². The Morgan fingerprint density at radius 3 is 2.83 bits per heavy atom. The molecule has 1 aromatic carbocycles. The molecular weight excluding hydrogens is 348 g/mol. The second-order valence-corrected chi connectivity index (χ2v) is 5.07. The highest BCUT2D eigenvalue weighted by Crippen LogP contribution is 2.23. The molecule has 0 bridgehead atoms. The number of aryl methyl sites for hydroxylation is 1. The minimum Gasteiger partial charge on any atom is -0.478 e. The summed E-state index contributed by atoms with van der Waals surface area (Å²) in [6.45, 7) is 1.84. The number of carboxylic acids is 1. The van der Waals surface area contributed by atoms with Crippen LogP contribution in [0.1, 0.15) is 11.3 Å². The standard InChI is InChI=1S/C13H9FINO2/c1-7-4-9(2-3-12(17)18)16-13-10(7)5-8(15)6-11(13)14/h2-6H,1H3,(H,17,18)/b3-2+. The quantitative estimate of drug-likeness (QED) is 0.662. The summed E-state index contributed by atoms with van der Waals surface area (Å²) in [7, 11) is 0. The molecule has 5 heteroatoms. The highest BCUT2D eigenvalue weighted by Gasteiger charge is 2.08. The number of hydrogen-bond acceptors (Lipinski definition) is 2. The molecule has 0 spiro atoms. The van der Waals surface area contributed by atoms with Crippen molar-refractivity contribution in [1.82, 2.24) is 4.98 Å². The highest BCUT2D eigenvalue weighted by atomic mass is 127. The van der Waals surface area contributed by atoms with Gasteiger partial charge in [-0.25, -0.2) is 14.2 Å². The molecule has 2 aromatic rings. The predicted molar refractivity (Wildman–Crippen MR) is 75.8 cm³/mol. The highest BCUT2D eigenvalue weighted by molar-refractivity contribution is 14.1. The number of carbonyl (C=O) groups is 1. The molecule has 0 unspecified atom stereocenters. The van der Waals surface area contributed by atoms with Crippen LogP contribution < -0.4 is 0 Å². The fourth-order valence-electron chi connectivity index (χ4n) is 1.68. The fourth-order valence-corrected chi connectivity index (χ4v) is 2.27. The first-order chi connectivity index (χ1) is 8.47.